The zero-order chi connectivity index (χ0) is 15.7. The number of aromatic nitrogens is 3. The predicted molar refractivity (Wildman–Crippen MR) is 82.8 cm³/mol. The molecule has 7 nitrogen and oxygen atoms in total. The lowest BCUT2D eigenvalue weighted by Crippen LogP contribution is -2.45. The molecular weight excluding hydrogens is 282 g/mol. The number of anilines is 1. The molecule has 1 aromatic carbocycles. The van der Waals surface area contributed by atoms with Crippen LogP contribution in [0.15, 0.2) is 24.3 Å². The lowest BCUT2D eigenvalue weighted by molar-refractivity contribution is 0.0690. The highest BCUT2D eigenvalue weighted by Gasteiger charge is 2.25. The Balaban J connectivity index is 1.97. The van der Waals surface area contributed by atoms with Crippen molar-refractivity contribution in [3.05, 3.63) is 35.5 Å². The Bertz CT molecular complexity index is 689. The third-order valence-electron chi connectivity index (χ3n) is 3.83. The zero-order valence-electron chi connectivity index (χ0n) is 12.7. The number of carboxylic acid groups (broad SMARTS) is 1. The number of piperazine rings is 1. The molecule has 0 spiro atoms. The summed E-state index contributed by atoms with van der Waals surface area (Å²) in [7, 11) is 2.05. The Kier molecular flexibility index (Phi) is 3.81. The third-order valence-corrected chi connectivity index (χ3v) is 3.83. The second-order valence-electron chi connectivity index (χ2n) is 5.60. The van der Waals surface area contributed by atoms with Crippen molar-refractivity contribution in [1.29, 1.82) is 0 Å². The minimum Gasteiger partial charge on any atom is -0.476 e. The van der Waals surface area contributed by atoms with Crippen LogP contribution in [-0.4, -0.2) is 64.2 Å². The van der Waals surface area contributed by atoms with Crippen LogP contribution in [0.25, 0.3) is 5.69 Å². The summed E-state index contributed by atoms with van der Waals surface area (Å²) in [5, 5.41) is 18.0. The Labute approximate surface area is 128 Å². The maximum atomic E-state index is 11.5. The topological polar surface area (TPSA) is 74.5 Å². The summed E-state index contributed by atoms with van der Waals surface area (Å²) in [4.78, 5) is 17.1. The number of hydrogen-bond donors (Lipinski definition) is 1. The summed E-state index contributed by atoms with van der Waals surface area (Å²) in [6.45, 7) is 5.26. The quantitative estimate of drug-likeness (QED) is 0.912. The van der Waals surface area contributed by atoms with E-state index in [0.717, 1.165) is 37.4 Å². The third kappa shape index (κ3) is 2.80. The molecule has 3 rings (SSSR count). The molecule has 0 atom stereocenters. The van der Waals surface area contributed by atoms with Gasteiger partial charge in [0.2, 0.25) is 5.69 Å². The van der Waals surface area contributed by atoms with E-state index in [4.69, 9.17) is 0 Å². The fourth-order valence-electron chi connectivity index (χ4n) is 2.54. The van der Waals surface area contributed by atoms with Crippen LogP contribution in [0.4, 0.5) is 5.82 Å². The molecule has 1 N–H and O–H groups in total. The summed E-state index contributed by atoms with van der Waals surface area (Å²) in [6.07, 6.45) is 0. The molecule has 0 radical (unpaired) electrons. The standard InChI is InChI=1S/C15H19N5O2/c1-11-4-3-5-12(10-11)20-16-13(15(21)22)14(17-20)19-8-6-18(2)7-9-19/h3-5,10H,6-9H2,1-2H3,(H,21,22). The number of carboxylic acids is 1. The van der Waals surface area contributed by atoms with Gasteiger partial charge in [-0.2, -0.15) is 0 Å². The summed E-state index contributed by atoms with van der Waals surface area (Å²) in [5.74, 6) is -0.602. The van der Waals surface area contributed by atoms with Gasteiger partial charge in [0.1, 0.15) is 0 Å². The van der Waals surface area contributed by atoms with E-state index < -0.39 is 5.97 Å². The van der Waals surface area contributed by atoms with E-state index in [1.807, 2.05) is 36.1 Å². The second-order valence-corrected chi connectivity index (χ2v) is 5.60. The monoisotopic (exact) mass is 301 g/mol. The van der Waals surface area contributed by atoms with Crippen LogP contribution >= 0.6 is 0 Å². The molecule has 1 aliphatic rings. The Morgan fingerprint density at radius 1 is 1.18 bits per heavy atom. The van der Waals surface area contributed by atoms with E-state index in [1.54, 1.807) is 0 Å². The van der Waals surface area contributed by atoms with Crippen molar-refractivity contribution in [2.75, 3.05) is 38.1 Å². The second kappa shape index (κ2) is 5.76. The average molecular weight is 301 g/mol. The van der Waals surface area contributed by atoms with Crippen molar-refractivity contribution >= 4 is 11.8 Å². The normalized spacial score (nSPS) is 16.0. The van der Waals surface area contributed by atoms with Crippen molar-refractivity contribution in [2.45, 2.75) is 6.92 Å². The maximum absolute atomic E-state index is 11.5. The van der Waals surface area contributed by atoms with Crippen LogP contribution in [0.1, 0.15) is 16.1 Å². The van der Waals surface area contributed by atoms with Crippen LogP contribution < -0.4 is 4.90 Å². The number of carbonyl (C=O) groups is 1. The molecule has 0 saturated carbocycles. The average Bonchev–Trinajstić information content (AvgIpc) is 2.93. The Morgan fingerprint density at radius 2 is 1.91 bits per heavy atom. The zero-order valence-corrected chi connectivity index (χ0v) is 12.7. The summed E-state index contributed by atoms with van der Waals surface area (Å²) >= 11 is 0. The number of nitrogens with zero attached hydrogens (tertiary/aromatic N) is 5. The highest BCUT2D eigenvalue weighted by molar-refractivity contribution is 5.91. The van der Waals surface area contributed by atoms with Gasteiger partial charge in [-0.1, -0.05) is 12.1 Å². The van der Waals surface area contributed by atoms with Crippen LogP contribution in [-0.2, 0) is 0 Å². The molecule has 2 aromatic rings. The maximum Gasteiger partial charge on any atom is 0.360 e. The molecular formula is C15H19N5O2. The van der Waals surface area contributed by atoms with Gasteiger partial charge >= 0.3 is 5.97 Å². The molecule has 1 aliphatic heterocycles. The summed E-state index contributed by atoms with van der Waals surface area (Å²) in [6, 6.07) is 7.68. The van der Waals surface area contributed by atoms with Crippen molar-refractivity contribution in [3.8, 4) is 5.69 Å². The van der Waals surface area contributed by atoms with Crippen molar-refractivity contribution in [1.82, 2.24) is 19.9 Å². The van der Waals surface area contributed by atoms with Crippen molar-refractivity contribution in [3.63, 3.8) is 0 Å². The summed E-state index contributed by atoms with van der Waals surface area (Å²) < 4.78 is 0. The molecule has 1 saturated heterocycles. The summed E-state index contributed by atoms with van der Waals surface area (Å²) in [5.41, 5.74) is 1.85. The van der Waals surface area contributed by atoms with Crippen LogP contribution in [0.3, 0.4) is 0 Å². The number of aryl methyl sites for hydroxylation is 1. The van der Waals surface area contributed by atoms with Gasteiger partial charge in [-0.05, 0) is 31.7 Å². The number of likely N-dealkylation sites (N-methyl/N-ethyl adjacent to an activating group) is 1. The smallest absolute Gasteiger partial charge is 0.360 e. The molecule has 2 heterocycles. The van der Waals surface area contributed by atoms with Gasteiger partial charge in [-0.15, -0.1) is 15.0 Å². The SMILES string of the molecule is Cc1cccc(-n2nc(C(=O)O)c(N3CCN(C)CC3)n2)c1. The van der Waals surface area contributed by atoms with Crippen molar-refractivity contribution in [2.24, 2.45) is 0 Å². The van der Waals surface area contributed by atoms with Gasteiger partial charge in [0, 0.05) is 26.2 Å². The molecule has 0 aliphatic carbocycles. The van der Waals surface area contributed by atoms with Gasteiger partial charge in [0.05, 0.1) is 5.69 Å². The number of benzene rings is 1. The van der Waals surface area contributed by atoms with Crippen LogP contribution in [0.2, 0.25) is 0 Å². The molecule has 0 bridgehead atoms. The van der Waals surface area contributed by atoms with Gasteiger partial charge in [0.15, 0.2) is 5.82 Å². The molecule has 116 valence electrons. The predicted octanol–water partition coefficient (Wildman–Crippen LogP) is 1.03. The number of aromatic carboxylic acids is 1. The number of hydrogen-bond acceptors (Lipinski definition) is 5. The minimum absolute atomic E-state index is 0.00561. The first kappa shape index (κ1) is 14.5. The Hall–Kier alpha value is -2.41. The fourth-order valence-corrected chi connectivity index (χ4v) is 2.54. The first-order valence-electron chi connectivity index (χ1n) is 7.26. The van der Waals surface area contributed by atoms with E-state index >= 15 is 0 Å². The lowest BCUT2D eigenvalue weighted by atomic mass is 10.2. The largest absolute Gasteiger partial charge is 0.476 e. The van der Waals surface area contributed by atoms with E-state index in [-0.39, 0.29) is 5.69 Å². The molecule has 0 amide bonds. The van der Waals surface area contributed by atoms with E-state index in [0.29, 0.717) is 5.82 Å². The van der Waals surface area contributed by atoms with Crippen LogP contribution in [0, 0.1) is 6.92 Å². The van der Waals surface area contributed by atoms with E-state index in [2.05, 4.69) is 22.1 Å². The van der Waals surface area contributed by atoms with Crippen molar-refractivity contribution < 1.29 is 9.90 Å². The molecule has 22 heavy (non-hydrogen) atoms. The highest BCUT2D eigenvalue weighted by atomic mass is 16.4. The first-order valence-corrected chi connectivity index (χ1v) is 7.26. The van der Waals surface area contributed by atoms with Gasteiger partial charge in [-0.25, -0.2) is 4.79 Å². The molecule has 1 aromatic heterocycles. The van der Waals surface area contributed by atoms with Crippen LogP contribution in [0.5, 0.6) is 0 Å². The first-order chi connectivity index (χ1) is 10.5. The molecule has 7 heteroatoms. The molecule has 1 fully saturated rings. The number of rotatable bonds is 3. The van der Waals surface area contributed by atoms with E-state index in [9.17, 15) is 9.90 Å². The molecule has 0 unspecified atom stereocenters. The van der Waals surface area contributed by atoms with Gasteiger partial charge < -0.3 is 14.9 Å². The lowest BCUT2D eigenvalue weighted by Gasteiger charge is -2.32. The van der Waals surface area contributed by atoms with Gasteiger partial charge in [-0.3, -0.25) is 0 Å². The minimum atomic E-state index is -1.05. The fraction of sp³-hybridized carbons (Fsp3) is 0.400. The van der Waals surface area contributed by atoms with E-state index in [1.165, 1.54) is 4.80 Å². The van der Waals surface area contributed by atoms with Gasteiger partial charge in [0.25, 0.3) is 0 Å². The Morgan fingerprint density at radius 3 is 2.55 bits per heavy atom. The highest BCUT2D eigenvalue weighted by Crippen LogP contribution is 2.20.